The summed E-state index contributed by atoms with van der Waals surface area (Å²) >= 11 is 0. The number of carboxylic acids is 2. The molecule has 4 atom stereocenters. The molecule has 2 aliphatic carbocycles. The van der Waals surface area contributed by atoms with Gasteiger partial charge in [-0.25, -0.2) is 0 Å². The number of carbonyl (C=O) groups is 2. The summed E-state index contributed by atoms with van der Waals surface area (Å²) in [4.78, 5) is 20.8. The second kappa shape index (κ2) is 8.41. The van der Waals surface area contributed by atoms with Gasteiger partial charge in [0.1, 0.15) is 0 Å². The highest BCUT2D eigenvalue weighted by Gasteiger charge is 2.56. The molecule has 2 saturated carbocycles. The zero-order valence-electron chi connectivity index (χ0n) is 14.6. The lowest BCUT2D eigenvalue weighted by Gasteiger charge is -2.37. The predicted octanol–water partition coefficient (Wildman–Crippen LogP) is -1.56. The number of hydrogen-bond acceptors (Lipinski definition) is 7. The Bertz CT molecular complexity index is 447. The van der Waals surface area contributed by atoms with Crippen LogP contribution in [0.1, 0.15) is 26.7 Å². The van der Waals surface area contributed by atoms with Gasteiger partial charge in [0.25, 0.3) is 0 Å². The number of rotatable bonds is 5. The minimum atomic E-state index is -1.72. The number of aliphatic carboxylic acids is 2. The molecule has 0 amide bonds. The first kappa shape index (κ1) is 21.8. The van der Waals surface area contributed by atoms with Crippen molar-refractivity contribution in [1.29, 1.82) is 0 Å². The van der Waals surface area contributed by atoms with Gasteiger partial charge in [-0.05, 0) is 19.0 Å². The molecule has 2 rings (SSSR count). The van der Waals surface area contributed by atoms with Gasteiger partial charge in [0.05, 0.1) is 18.3 Å². The molecule has 9 nitrogen and oxygen atoms in total. The predicted molar refractivity (Wildman–Crippen MR) is 88.4 cm³/mol. The van der Waals surface area contributed by atoms with Crippen molar-refractivity contribution in [3.63, 3.8) is 0 Å². The van der Waals surface area contributed by atoms with Crippen LogP contribution < -0.4 is 11.5 Å². The number of nitrogens with two attached hydrogens (primary N) is 2. The summed E-state index contributed by atoms with van der Waals surface area (Å²) in [6, 6.07) is 0. The molecule has 0 aromatic heterocycles. The SMILES string of the molecule is CC(C)C1[C@@H](O)[C@H](CN)[C@@H](CN)[C@@H]1O.O=C(O)C1(C(=O)O)CC(O)C1. The summed E-state index contributed by atoms with van der Waals surface area (Å²) in [5, 5.41) is 45.7. The van der Waals surface area contributed by atoms with Crippen molar-refractivity contribution in [1.82, 2.24) is 0 Å². The summed E-state index contributed by atoms with van der Waals surface area (Å²) in [6.07, 6.45) is -2.16. The topological polar surface area (TPSA) is 187 Å². The molecule has 0 spiro atoms. The molecule has 2 fully saturated rings. The van der Waals surface area contributed by atoms with Crippen LogP contribution in [0.4, 0.5) is 0 Å². The molecule has 0 saturated heterocycles. The third-order valence-electron chi connectivity index (χ3n) is 5.52. The van der Waals surface area contributed by atoms with Crippen molar-refractivity contribution in [2.75, 3.05) is 13.1 Å². The molecule has 2 aliphatic rings. The molecule has 25 heavy (non-hydrogen) atoms. The molecular formula is C16H30N2O7. The smallest absolute Gasteiger partial charge is 0.321 e. The van der Waals surface area contributed by atoms with Gasteiger partial charge in [0, 0.05) is 30.6 Å². The number of aliphatic hydroxyl groups excluding tert-OH is 3. The van der Waals surface area contributed by atoms with E-state index in [9.17, 15) is 19.8 Å². The van der Waals surface area contributed by atoms with Crippen LogP contribution in [0.3, 0.4) is 0 Å². The van der Waals surface area contributed by atoms with E-state index in [0.29, 0.717) is 13.1 Å². The summed E-state index contributed by atoms with van der Waals surface area (Å²) in [6.45, 7) is 4.79. The van der Waals surface area contributed by atoms with E-state index >= 15 is 0 Å². The van der Waals surface area contributed by atoms with Crippen molar-refractivity contribution in [2.24, 2.45) is 40.6 Å². The van der Waals surface area contributed by atoms with E-state index in [1.165, 1.54) is 0 Å². The highest BCUT2D eigenvalue weighted by Crippen LogP contribution is 2.41. The van der Waals surface area contributed by atoms with Crippen molar-refractivity contribution in [3.05, 3.63) is 0 Å². The van der Waals surface area contributed by atoms with E-state index in [1.807, 2.05) is 13.8 Å². The number of hydrogen-bond donors (Lipinski definition) is 7. The van der Waals surface area contributed by atoms with Gasteiger partial charge in [0.2, 0.25) is 0 Å². The van der Waals surface area contributed by atoms with Crippen LogP contribution >= 0.6 is 0 Å². The maximum absolute atomic E-state index is 10.4. The van der Waals surface area contributed by atoms with Gasteiger partial charge in [-0.1, -0.05) is 13.8 Å². The van der Waals surface area contributed by atoms with Gasteiger partial charge >= 0.3 is 11.9 Å². The van der Waals surface area contributed by atoms with E-state index < -0.39 is 35.7 Å². The molecular weight excluding hydrogens is 332 g/mol. The third kappa shape index (κ3) is 4.12. The van der Waals surface area contributed by atoms with Crippen LogP contribution in [-0.2, 0) is 9.59 Å². The van der Waals surface area contributed by atoms with E-state index in [0.717, 1.165) is 0 Å². The van der Waals surface area contributed by atoms with Crippen LogP contribution in [-0.4, -0.2) is 68.9 Å². The molecule has 0 radical (unpaired) electrons. The van der Waals surface area contributed by atoms with Crippen LogP contribution in [0.15, 0.2) is 0 Å². The van der Waals surface area contributed by atoms with Crippen molar-refractivity contribution >= 4 is 11.9 Å². The lowest BCUT2D eigenvalue weighted by Crippen LogP contribution is -2.52. The first-order valence-corrected chi connectivity index (χ1v) is 8.44. The summed E-state index contributed by atoms with van der Waals surface area (Å²) in [7, 11) is 0. The molecule has 0 bridgehead atoms. The Morgan fingerprint density at radius 3 is 1.48 bits per heavy atom. The third-order valence-corrected chi connectivity index (χ3v) is 5.52. The Hall–Kier alpha value is -1.26. The zero-order chi connectivity index (χ0) is 19.5. The van der Waals surface area contributed by atoms with Gasteiger partial charge in [-0.3, -0.25) is 9.59 Å². The summed E-state index contributed by atoms with van der Waals surface area (Å²) in [5.74, 6) is -2.67. The fraction of sp³-hybridized carbons (Fsp3) is 0.875. The van der Waals surface area contributed by atoms with Gasteiger partial charge in [-0.2, -0.15) is 0 Å². The van der Waals surface area contributed by atoms with Gasteiger partial charge < -0.3 is 37.0 Å². The average molecular weight is 362 g/mol. The molecule has 0 aromatic carbocycles. The zero-order valence-corrected chi connectivity index (χ0v) is 14.6. The van der Waals surface area contributed by atoms with Crippen LogP contribution in [0, 0.1) is 29.1 Å². The molecule has 0 heterocycles. The molecule has 0 aliphatic heterocycles. The second-order valence-corrected chi connectivity index (χ2v) is 7.36. The van der Waals surface area contributed by atoms with Crippen molar-refractivity contribution in [2.45, 2.75) is 45.0 Å². The Morgan fingerprint density at radius 2 is 1.32 bits per heavy atom. The molecule has 146 valence electrons. The van der Waals surface area contributed by atoms with Gasteiger partial charge in [0.15, 0.2) is 5.41 Å². The highest BCUT2D eigenvalue weighted by molar-refractivity contribution is 5.99. The van der Waals surface area contributed by atoms with Crippen LogP contribution in [0.25, 0.3) is 0 Å². The first-order chi connectivity index (χ1) is 11.5. The highest BCUT2D eigenvalue weighted by atomic mass is 16.4. The monoisotopic (exact) mass is 362 g/mol. The first-order valence-electron chi connectivity index (χ1n) is 8.44. The Balaban J connectivity index is 0.000000257. The lowest BCUT2D eigenvalue weighted by atomic mass is 9.67. The largest absolute Gasteiger partial charge is 0.480 e. The van der Waals surface area contributed by atoms with Gasteiger partial charge in [-0.15, -0.1) is 0 Å². The summed E-state index contributed by atoms with van der Waals surface area (Å²) < 4.78 is 0. The number of carboxylic acid groups (broad SMARTS) is 2. The number of aliphatic hydroxyl groups is 3. The fourth-order valence-electron chi connectivity index (χ4n) is 3.88. The standard InChI is InChI=1S/C10H22N2O2.C6H8O5/c1-5(2)8-9(13)6(3-11)7(4-12)10(8)14;7-3-1-6(2-3,4(8)9)5(10)11/h5-10,13-14H,3-4,11-12H2,1-2H3;3,7H,1-2H2,(H,8,9)(H,10,11)/t6-,7-,9+,10+;/m1./s1. The van der Waals surface area contributed by atoms with Crippen molar-refractivity contribution < 1.29 is 35.1 Å². The fourth-order valence-corrected chi connectivity index (χ4v) is 3.88. The molecule has 9 N–H and O–H groups in total. The second-order valence-electron chi connectivity index (χ2n) is 7.36. The molecule has 0 aromatic rings. The van der Waals surface area contributed by atoms with E-state index in [1.54, 1.807) is 0 Å². The van der Waals surface area contributed by atoms with E-state index in [-0.39, 0.29) is 36.5 Å². The van der Waals surface area contributed by atoms with Crippen molar-refractivity contribution in [3.8, 4) is 0 Å². The Morgan fingerprint density at radius 1 is 0.960 bits per heavy atom. The quantitative estimate of drug-likeness (QED) is 0.284. The summed E-state index contributed by atoms with van der Waals surface area (Å²) in [5.41, 5.74) is 9.45. The van der Waals surface area contributed by atoms with Crippen LogP contribution in [0.2, 0.25) is 0 Å². The Kier molecular flexibility index (Phi) is 7.33. The lowest BCUT2D eigenvalue weighted by molar-refractivity contribution is -0.180. The van der Waals surface area contributed by atoms with Crippen LogP contribution in [0.5, 0.6) is 0 Å². The minimum Gasteiger partial charge on any atom is -0.480 e. The maximum Gasteiger partial charge on any atom is 0.321 e. The van der Waals surface area contributed by atoms with E-state index in [4.69, 9.17) is 26.8 Å². The van der Waals surface area contributed by atoms with E-state index in [2.05, 4.69) is 0 Å². The molecule has 0 unspecified atom stereocenters. The Labute approximate surface area is 146 Å². The average Bonchev–Trinajstić information content (AvgIpc) is 2.73. The normalized spacial score (nSPS) is 32.0. The minimum absolute atomic E-state index is 0.0533. The molecule has 9 heteroatoms. The maximum atomic E-state index is 10.4.